The number of nitro groups is 1. The van der Waals surface area contributed by atoms with Crippen molar-refractivity contribution in [1.82, 2.24) is 10.3 Å². The molecule has 20 heavy (non-hydrogen) atoms. The van der Waals surface area contributed by atoms with E-state index in [1.807, 2.05) is 0 Å². The third-order valence-corrected chi connectivity index (χ3v) is 3.07. The Morgan fingerprint density at radius 2 is 2.45 bits per heavy atom. The van der Waals surface area contributed by atoms with Crippen LogP contribution in [0.15, 0.2) is 22.6 Å². The van der Waals surface area contributed by atoms with Crippen molar-refractivity contribution >= 4 is 22.8 Å². The van der Waals surface area contributed by atoms with Crippen molar-refractivity contribution in [3.8, 4) is 0 Å². The van der Waals surface area contributed by atoms with Gasteiger partial charge in [-0.3, -0.25) is 10.1 Å². The number of hydrogen-bond acceptors (Lipinski definition) is 7. The first-order valence-electron chi connectivity index (χ1n) is 6.33. The zero-order valence-electron chi connectivity index (χ0n) is 10.7. The lowest BCUT2D eigenvalue weighted by Crippen LogP contribution is -2.42. The van der Waals surface area contributed by atoms with E-state index < -0.39 is 4.92 Å². The van der Waals surface area contributed by atoms with Gasteiger partial charge in [0, 0.05) is 31.8 Å². The van der Waals surface area contributed by atoms with E-state index in [-0.39, 0.29) is 11.8 Å². The second kappa shape index (κ2) is 5.43. The Hall–Kier alpha value is -2.19. The van der Waals surface area contributed by atoms with Gasteiger partial charge in [0.05, 0.1) is 17.6 Å². The Kier molecular flexibility index (Phi) is 3.48. The van der Waals surface area contributed by atoms with Crippen LogP contribution in [-0.2, 0) is 4.74 Å². The lowest BCUT2D eigenvalue weighted by atomic mass is 10.3. The highest BCUT2D eigenvalue weighted by atomic mass is 16.6. The average Bonchev–Trinajstić information content (AvgIpc) is 2.88. The summed E-state index contributed by atoms with van der Waals surface area (Å²) in [7, 11) is 0. The molecule has 0 radical (unpaired) electrons. The smallest absolute Gasteiger partial charge is 0.295 e. The van der Waals surface area contributed by atoms with Crippen LogP contribution in [0.5, 0.6) is 0 Å². The van der Waals surface area contributed by atoms with Gasteiger partial charge < -0.3 is 19.8 Å². The normalized spacial score (nSPS) is 19.1. The Labute approximate surface area is 114 Å². The summed E-state index contributed by atoms with van der Waals surface area (Å²) in [6.07, 6.45) is 0.0631. The predicted molar refractivity (Wildman–Crippen MR) is 71.8 cm³/mol. The molecule has 2 N–H and O–H groups in total. The fourth-order valence-corrected chi connectivity index (χ4v) is 2.06. The molecule has 1 aromatic carbocycles. The van der Waals surface area contributed by atoms with Gasteiger partial charge in [0.15, 0.2) is 5.58 Å². The Morgan fingerprint density at radius 1 is 1.55 bits per heavy atom. The van der Waals surface area contributed by atoms with E-state index in [0.717, 1.165) is 13.1 Å². The number of fused-ring (bicyclic) bond motifs is 1. The van der Waals surface area contributed by atoms with Crippen molar-refractivity contribution in [3.63, 3.8) is 0 Å². The van der Waals surface area contributed by atoms with E-state index in [1.165, 1.54) is 12.1 Å². The monoisotopic (exact) mass is 278 g/mol. The van der Waals surface area contributed by atoms with E-state index in [4.69, 9.17) is 9.15 Å². The van der Waals surface area contributed by atoms with E-state index in [0.29, 0.717) is 30.3 Å². The first-order chi connectivity index (χ1) is 9.72. The third kappa shape index (κ3) is 2.70. The number of aromatic nitrogens is 1. The largest absolute Gasteiger partial charge is 0.424 e. The van der Waals surface area contributed by atoms with Crippen LogP contribution in [0.4, 0.5) is 11.7 Å². The molecule has 1 atom stereocenters. The van der Waals surface area contributed by atoms with Crippen molar-refractivity contribution in [3.05, 3.63) is 28.3 Å². The first kappa shape index (κ1) is 12.8. The van der Waals surface area contributed by atoms with E-state index in [2.05, 4.69) is 15.6 Å². The number of benzene rings is 1. The van der Waals surface area contributed by atoms with Gasteiger partial charge in [0.1, 0.15) is 5.52 Å². The number of nitro benzene ring substituents is 1. The average molecular weight is 278 g/mol. The summed E-state index contributed by atoms with van der Waals surface area (Å²) in [5.74, 6) is 0. The molecule has 1 fully saturated rings. The molecule has 1 aromatic heterocycles. The zero-order chi connectivity index (χ0) is 13.9. The molecular weight excluding hydrogens is 264 g/mol. The van der Waals surface area contributed by atoms with Crippen molar-refractivity contribution in [2.24, 2.45) is 0 Å². The summed E-state index contributed by atoms with van der Waals surface area (Å²) in [5.41, 5.74) is 0.974. The molecule has 0 amide bonds. The number of anilines is 1. The van der Waals surface area contributed by atoms with Gasteiger partial charge in [-0.25, -0.2) is 0 Å². The van der Waals surface area contributed by atoms with Crippen molar-refractivity contribution in [2.75, 3.05) is 31.6 Å². The lowest BCUT2D eigenvalue weighted by molar-refractivity contribution is -0.384. The van der Waals surface area contributed by atoms with Gasteiger partial charge in [-0.05, 0) is 6.07 Å². The SMILES string of the molecule is O=[N+]([O-])c1ccc2oc(NCC3CNCCO3)nc2c1. The molecule has 0 spiro atoms. The minimum atomic E-state index is -0.456. The molecule has 2 heterocycles. The number of nitrogens with zero attached hydrogens (tertiary/aromatic N) is 2. The highest BCUT2D eigenvalue weighted by Gasteiger charge is 2.15. The molecule has 1 unspecified atom stereocenters. The maximum Gasteiger partial charge on any atom is 0.295 e. The van der Waals surface area contributed by atoms with Crippen LogP contribution in [0.2, 0.25) is 0 Å². The van der Waals surface area contributed by atoms with Gasteiger partial charge in [0.2, 0.25) is 0 Å². The van der Waals surface area contributed by atoms with Gasteiger partial charge in [-0.2, -0.15) is 4.98 Å². The van der Waals surface area contributed by atoms with E-state index in [1.54, 1.807) is 6.07 Å². The standard InChI is InChI=1S/C12H14N4O4/c17-16(18)8-1-2-11-10(5-8)15-12(20-11)14-7-9-6-13-3-4-19-9/h1-2,5,9,13H,3-4,6-7H2,(H,14,15). The van der Waals surface area contributed by atoms with Crippen LogP contribution < -0.4 is 10.6 Å². The fourth-order valence-electron chi connectivity index (χ4n) is 2.06. The molecule has 1 saturated heterocycles. The van der Waals surface area contributed by atoms with Crippen LogP contribution in [-0.4, -0.2) is 42.3 Å². The summed E-state index contributed by atoms with van der Waals surface area (Å²) >= 11 is 0. The molecule has 106 valence electrons. The second-order valence-electron chi connectivity index (χ2n) is 4.51. The minimum absolute atomic E-state index is 0.00263. The molecule has 1 aliphatic heterocycles. The number of rotatable bonds is 4. The molecule has 1 aliphatic rings. The molecule has 8 heteroatoms. The molecular formula is C12H14N4O4. The third-order valence-electron chi connectivity index (χ3n) is 3.07. The molecule has 8 nitrogen and oxygen atoms in total. The molecule has 0 bridgehead atoms. The number of oxazole rings is 1. The molecule has 2 aromatic rings. The second-order valence-corrected chi connectivity index (χ2v) is 4.51. The number of non-ortho nitro benzene ring substituents is 1. The summed E-state index contributed by atoms with van der Waals surface area (Å²) in [6.45, 7) is 2.90. The van der Waals surface area contributed by atoms with Gasteiger partial charge in [-0.1, -0.05) is 0 Å². The van der Waals surface area contributed by atoms with Crippen molar-refractivity contribution in [2.45, 2.75) is 6.10 Å². The van der Waals surface area contributed by atoms with E-state index in [9.17, 15) is 10.1 Å². The van der Waals surface area contributed by atoms with Crippen LogP contribution >= 0.6 is 0 Å². The van der Waals surface area contributed by atoms with Crippen molar-refractivity contribution < 1.29 is 14.1 Å². The van der Waals surface area contributed by atoms with Crippen molar-refractivity contribution in [1.29, 1.82) is 0 Å². The summed E-state index contributed by atoms with van der Waals surface area (Å²) < 4.78 is 11.0. The summed E-state index contributed by atoms with van der Waals surface area (Å²) in [5, 5.41) is 17.0. The van der Waals surface area contributed by atoms with Crippen LogP contribution in [0.1, 0.15) is 0 Å². The van der Waals surface area contributed by atoms with Crippen LogP contribution in [0.25, 0.3) is 11.1 Å². The fraction of sp³-hybridized carbons (Fsp3) is 0.417. The minimum Gasteiger partial charge on any atom is -0.424 e. The molecule has 0 aliphatic carbocycles. The zero-order valence-corrected chi connectivity index (χ0v) is 10.7. The highest BCUT2D eigenvalue weighted by Crippen LogP contribution is 2.23. The summed E-state index contributed by atoms with van der Waals surface area (Å²) in [4.78, 5) is 14.4. The van der Waals surface area contributed by atoms with Crippen LogP contribution in [0.3, 0.4) is 0 Å². The maximum atomic E-state index is 10.7. The molecule has 3 rings (SSSR count). The topological polar surface area (TPSA) is 102 Å². The number of morpholine rings is 1. The van der Waals surface area contributed by atoms with Crippen LogP contribution in [0, 0.1) is 10.1 Å². The van der Waals surface area contributed by atoms with E-state index >= 15 is 0 Å². The Bertz CT molecular complexity index is 621. The van der Waals surface area contributed by atoms with Gasteiger partial charge in [-0.15, -0.1) is 0 Å². The lowest BCUT2D eigenvalue weighted by Gasteiger charge is -2.23. The Balaban J connectivity index is 1.70. The Morgan fingerprint density at radius 3 is 3.20 bits per heavy atom. The highest BCUT2D eigenvalue weighted by molar-refractivity contribution is 5.77. The quantitative estimate of drug-likeness (QED) is 0.638. The molecule has 0 saturated carbocycles. The number of ether oxygens (including phenoxy) is 1. The number of nitrogens with one attached hydrogen (secondary N) is 2. The summed E-state index contributed by atoms with van der Waals surface area (Å²) in [6, 6.07) is 4.67. The maximum absolute atomic E-state index is 10.7. The van der Waals surface area contributed by atoms with Gasteiger partial charge >= 0.3 is 0 Å². The van der Waals surface area contributed by atoms with Gasteiger partial charge in [0.25, 0.3) is 11.7 Å². The first-order valence-corrected chi connectivity index (χ1v) is 6.33. The predicted octanol–water partition coefficient (Wildman–Crippen LogP) is 1.14. The number of hydrogen-bond donors (Lipinski definition) is 2.